The fourth-order valence-electron chi connectivity index (χ4n) is 4.92. The van der Waals surface area contributed by atoms with Crippen LogP contribution in [0.25, 0.3) is 6.08 Å². The van der Waals surface area contributed by atoms with Gasteiger partial charge in [0.1, 0.15) is 23.3 Å². The first-order valence-corrected chi connectivity index (χ1v) is 13.4. The highest BCUT2D eigenvalue weighted by atomic mass is 16.5. The Balaban J connectivity index is 1.45. The summed E-state index contributed by atoms with van der Waals surface area (Å²) in [6, 6.07) is 32.8. The van der Waals surface area contributed by atoms with Crippen LogP contribution in [-0.2, 0) is 9.59 Å². The number of amides is 2. The summed E-state index contributed by atoms with van der Waals surface area (Å²) in [4.78, 5) is 28.5. The third-order valence-corrected chi connectivity index (χ3v) is 7.04. The molecule has 4 aromatic rings. The number of β-lactam (4-membered cyclic amide) rings is 1. The maximum Gasteiger partial charge on any atom is 0.258 e. The third-order valence-electron chi connectivity index (χ3n) is 7.04. The number of benzene rings is 4. The highest BCUT2D eigenvalue weighted by molar-refractivity contribution is 5.95. The van der Waals surface area contributed by atoms with E-state index in [1.807, 2.05) is 114 Å². The van der Waals surface area contributed by atoms with Crippen molar-refractivity contribution < 1.29 is 23.8 Å². The van der Waals surface area contributed by atoms with E-state index in [1.165, 1.54) is 0 Å². The predicted molar refractivity (Wildman–Crippen MR) is 158 cm³/mol. The molecule has 2 amide bonds. The molecule has 208 valence electrons. The molecule has 1 aliphatic heterocycles. The molecule has 5 rings (SSSR count). The molecular formula is C34H32N2O5. The quantitative estimate of drug-likeness (QED) is 0.258. The monoisotopic (exact) mass is 548 g/mol. The summed E-state index contributed by atoms with van der Waals surface area (Å²) in [7, 11) is 3.24. The molecule has 1 saturated heterocycles. The molecule has 2 unspecified atom stereocenters. The second kappa shape index (κ2) is 12.9. The molecule has 0 spiro atoms. The van der Waals surface area contributed by atoms with Crippen LogP contribution >= 0.6 is 0 Å². The van der Waals surface area contributed by atoms with Crippen molar-refractivity contribution >= 4 is 17.9 Å². The van der Waals surface area contributed by atoms with Crippen LogP contribution in [0.4, 0.5) is 0 Å². The topological polar surface area (TPSA) is 77.1 Å². The smallest absolute Gasteiger partial charge is 0.258 e. The lowest BCUT2D eigenvalue weighted by atomic mass is 9.86. The van der Waals surface area contributed by atoms with Gasteiger partial charge in [-0.2, -0.15) is 0 Å². The zero-order valence-corrected chi connectivity index (χ0v) is 23.0. The number of ether oxygens (including phenoxy) is 3. The molecule has 2 atom stereocenters. The van der Waals surface area contributed by atoms with Gasteiger partial charge in [0.2, 0.25) is 5.91 Å². The summed E-state index contributed by atoms with van der Waals surface area (Å²) in [6.07, 6.45) is 3.95. The fraction of sp³-hybridized carbons (Fsp3) is 0.176. The summed E-state index contributed by atoms with van der Waals surface area (Å²) in [6.45, 7) is -0.191. The van der Waals surface area contributed by atoms with Gasteiger partial charge in [0, 0.05) is 0 Å². The maximum absolute atomic E-state index is 13.8. The van der Waals surface area contributed by atoms with Crippen LogP contribution in [0.2, 0.25) is 0 Å². The molecule has 1 aliphatic rings. The lowest BCUT2D eigenvalue weighted by Crippen LogP contribution is -2.70. The van der Waals surface area contributed by atoms with Crippen LogP contribution in [-0.4, -0.2) is 49.6 Å². The van der Waals surface area contributed by atoms with Gasteiger partial charge in [-0.1, -0.05) is 84.9 Å². The Hall–Kier alpha value is -5.04. The summed E-state index contributed by atoms with van der Waals surface area (Å²) in [5.41, 5.74) is 2.83. The van der Waals surface area contributed by atoms with E-state index in [4.69, 9.17) is 14.2 Å². The first-order chi connectivity index (χ1) is 20.1. The van der Waals surface area contributed by atoms with Gasteiger partial charge in [-0.05, 0) is 53.1 Å². The molecule has 7 heteroatoms. The maximum atomic E-state index is 13.8. The Labute approximate surface area is 240 Å². The van der Waals surface area contributed by atoms with Gasteiger partial charge in [-0.3, -0.25) is 9.59 Å². The lowest BCUT2D eigenvalue weighted by Gasteiger charge is -2.50. The highest BCUT2D eigenvalue weighted by Crippen LogP contribution is 2.39. The number of rotatable bonds is 11. The minimum Gasteiger partial charge on any atom is -0.497 e. The number of methoxy groups -OCH3 is 2. The fourth-order valence-corrected chi connectivity index (χ4v) is 4.92. The number of nitrogens with zero attached hydrogens (tertiary/aromatic N) is 1. The normalized spacial score (nSPS) is 16.4. The number of hydrogen-bond donors (Lipinski definition) is 1. The molecule has 1 heterocycles. The number of para-hydroxylation sites is 1. The zero-order valence-electron chi connectivity index (χ0n) is 23.0. The minimum atomic E-state index is -0.735. The number of hydrogen-bond acceptors (Lipinski definition) is 5. The van der Waals surface area contributed by atoms with Gasteiger partial charge >= 0.3 is 0 Å². The van der Waals surface area contributed by atoms with Crippen LogP contribution in [0, 0.1) is 0 Å². The number of nitrogens with one attached hydrogen (secondary N) is 1. The van der Waals surface area contributed by atoms with Crippen LogP contribution in [0.3, 0.4) is 0 Å². The van der Waals surface area contributed by atoms with Crippen LogP contribution in [0.5, 0.6) is 17.2 Å². The summed E-state index contributed by atoms with van der Waals surface area (Å²) >= 11 is 0. The average Bonchev–Trinajstić information content (AvgIpc) is 3.03. The van der Waals surface area contributed by atoms with Gasteiger partial charge in [0.15, 0.2) is 6.61 Å². The van der Waals surface area contributed by atoms with E-state index in [0.717, 1.165) is 28.2 Å². The van der Waals surface area contributed by atoms with Crippen molar-refractivity contribution in [2.75, 3.05) is 20.8 Å². The van der Waals surface area contributed by atoms with E-state index in [2.05, 4.69) is 5.32 Å². The van der Waals surface area contributed by atoms with Crippen LogP contribution < -0.4 is 19.5 Å². The molecule has 0 radical (unpaired) electrons. The summed E-state index contributed by atoms with van der Waals surface area (Å²) < 4.78 is 16.3. The molecule has 7 nitrogen and oxygen atoms in total. The molecule has 0 aliphatic carbocycles. The van der Waals surface area contributed by atoms with Crippen molar-refractivity contribution in [3.05, 3.63) is 132 Å². The van der Waals surface area contributed by atoms with Crippen molar-refractivity contribution in [1.29, 1.82) is 0 Å². The van der Waals surface area contributed by atoms with Crippen LogP contribution in [0.15, 0.2) is 115 Å². The summed E-state index contributed by atoms with van der Waals surface area (Å²) in [5.74, 6) is 1.49. The van der Waals surface area contributed by atoms with E-state index >= 15 is 0 Å². The zero-order chi connectivity index (χ0) is 28.6. The Kier molecular flexibility index (Phi) is 8.64. The highest BCUT2D eigenvalue weighted by Gasteiger charge is 2.50. The second-order valence-corrected chi connectivity index (χ2v) is 9.60. The molecule has 0 saturated carbocycles. The minimum absolute atomic E-state index is 0.183. The van der Waals surface area contributed by atoms with E-state index in [-0.39, 0.29) is 18.4 Å². The number of carbonyl (C=O) groups excluding carboxylic acids is 2. The molecule has 1 fully saturated rings. The standard InChI is InChI=1S/C34H32N2O5/c1-39-27-18-14-25(15-19-27)33(26-16-20-28(40-2)21-17-26)36-30(22-13-24-9-5-3-6-10-24)32(34(36)38)35-31(37)23-41-29-11-7-4-8-12-29/h3-22,30,32-33H,23H2,1-2H3,(H,35,37)/b22-13+. The lowest BCUT2D eigenvalue weighted by molar-refractivity contribution is -0.154. The molecule has 4 aromatic carbocycles. The Morgan fingerprint density at radius 2 is 1.32 bits per heavy atom. The Morgan fingerprint density at radius 3 is 1.85 bits per heavy atom. The van der Waals surface area contributed by atoms with Crippen molar-refractivity contribution in [1.82, 2.24) is 10.2 Å². The SMILES string of the molecule is COc1ccc(C(c2ccc(OC)cc2)N2C(=O)C(NC(=O)COc3ccccc3)C2/C=C/c2ccccc2)cc1. The molecular weight excluding hydrogens is 516 g/mol. The molecule has 1 N–H and O–H groups in total. The largest absolute Gasteiger partial charge is 0.497 e. The van der Waals surface area contributed by atoms with Crippen molar-refractivity contribution in [2.24, 2.45) is 0 Å². The summed E-state index contributed by atoms with van der Waals surface area (Å²) in [5, 5.41) is 2.90. The second-order valence-electron chi connectivity index (χ2n) is 9.60. The van der Waals surface area contributed by atoms with E-state index in [0.29, 0.717) is 5.75 Å². The molecule has 0 bridgehead atoms. The first kappa shape index (κ1) is 27.5. The number of likely N-dealkylation sites (tertiary alicyclic amines) is 1. The first-order valence-electron chi connectivity index (χ1n) is 13.4. The van der Waals surface area contributed by atoms with Crippen molar-refractivity contribution in [2.45, 2.75) is 18.1 Å². The van der Waals surface area contributed by atoms with E-state index < -0.39 is 18.1 Å². The predicted octanol–water partition coefficient (Wildman–Crippen LogP) is 5.28. The van der Waals surface area contributed by atoms with Crippen LogP contribution in [0.1, 0.15) is 22.7 Å². The Bertz CT molecular complexity index is 1420. The van der Waals surface area contributed by atoms with E-state index in [1.54, 1.807) is 26.4 Å². The molecule has 41 heavy (non-hydrogen) atoms. The van der Waals surface area contributed by atoms with E-state index in [9.17, 15) is 9.59 Å². The Morgan fingerprint density at radius 1 is 0.780 bits per heavy atom. The average molecular weight is 549 g/mol. The van der Waals surface area contributed by atoms with Gasteiger partial charge < -0.3 is 24.4 Å². The third kappa shape index (κ3) is 6.41. The molecule has 0 aromatic heterocycles. The van der Waals surface area contributed by atoms with Crippen molar-refractivity contribution in [3.63, 3.8) is 0 Å². The van der Waals surface area contributed by atoms with Gasteiger partial charge in [-0.25, -0.2) is 0 Å². The van der Waals surface area contributed by atoms with Gasteiger partial charge in [0.05, 0.1) is 26.3 Å². The van der Waals surface area contributed by atoms with Gasteiger partial charge in [0.25, 0.3) is 5.91 Å². The van der Waals surface area contributed by atoms with Crippen molar-refractivity contribution in [3.8, 4) is 17.2 Å². The number of carbonyl (C=O) groups is 2. The van der Waals surface area contributed by atoms with Gasteiger partial charge in [-0.15, -0.1) is 0 Å².